The minimum atomic E-state index is -4.96. The van der Waals surface area contributed by atoms with Gasteiger partial charge in [0.1, 0.15) is 0 Å². The molecule has 0 atom stereocenters. The second-order valence-electron chi connectivity index (χ2n) is 9.27. The van der Waals surface area contributed by atoms with Gasteiger partial charge >= 0.3 is 12.1 Å². The molecule has 0 bridgehead atoms. The number of carbonyl (C=O) groups excluding carboxylic acids is 1. The molecule has 0 spiro atoms. The number of nitrogens with zero attached hydrogens (tertiary/aromatic N) is 4. The number of halogens is 3. The van der Waals surface area contributed by atoms with Crippen LogP contribution in [0.4, 0.5) is 24.5 Å². The number of aromatic amines is 1. The first-order chi connectivity index (χ1) is 16.5. The van der Waals surface area contributed by atoms with Gasteiger partial charge < -0.3 is 14.7 Å². The number of H-pyrrole nitrogens is 1. The largest absolute Gasteiger partial charge is 0.471 e. The van der Waals surface area contributed by atoms with Gasteiger partial charge in [-0.1, -0.05) is 24.3 Å². The van der Waals surface area contributed by atoms with Gasteiger partial charge in [0, 0.05) is 49.2 Å². The Morgan fingerprint density at radius 3 is 2.23 bits per heavy atom. The van der Waals surface area contributed by atoms with Crippen molar-refractivity contribution < 1.29 is 18.0 Å². The average molecular weight is 486 g/mol. The number of aryl methyl sites for hydroxylation is 1. The lowest BCUT2D eigenvalue weighted by atomic mass is 10.0. The topological polar surface area (TPSA) is 55.5 Å². The van der Waals surface area contributed by atoms with E-state index >= 15 is 0 Å². The molecule has 3 aromatic rings. The van der Waals surface area contributed by atoms with E-state index in [1.165, 1.54) is 5.69 Å². The van der Waals surface area contributed by atoms with Crippen LogP contribution >= 0.6 is 0 Å². The standard InChI is InChI=1S/C26H30F3N5O/c1-17(2)34(25(35)26(27,28)29)24-15-20(6-5-18(24)3)23-16-22(30-31-23)19-7-9-21(10-8-19)33-13-11-32(4)12-14-33/h5-10,15-17H,11-14H2,1-4H3,(H,30,31). The van der Waals surface area contributed by atoms with Gasteiger partial charge in [-0.3, -0.25) is 9.89 Å². The predicted molar refractivity (Wildman–Crippen MR) is 133 cm³/mol. The number of nitrogens with one attached hydrogen (secondary N) is 1. The van der Waals surface area contributed by atoms with Crippen LogP contribution in [0.2, 0.25) is 0 Å². The van der Waals surface area contributed by atoms with Crippen molar-refractivity contribution in [3.05, 3.63) is 54.1 Å². The number of anilines is 2. The van der Waals surface area contributed by atoms with Gasteiger partial charge in [-0.25, -0.2) is 0 Å². The van der Waals surface area contributed by atoms with Crippen molar-refractivity contribution in [2.24, 2.45) is 0 Å². The van der Waals surface area contributed by atoms with E-state index in [4.69, 9.17) is 0 Å². The average Bonchev–Trinajstić information content (AvgIpc) is 3.30. The van der Waals surface area contributed by atoms with Crippen LogP contribution in [-0.4, -0.2) is 66.4 Å². The van der Waals surface area contributed by atoms with Crippen molar-refractivity contribution in [3.63, 3.8) is 0 Å². The summed E-state index contributed by atoms with van der Waals surface area (Å²) < 4.78 is 39.7. The summed E-state index contributed by atoms with van der Waals surface area (Å²) in [6, 6.07) is 14.6. The molecule has 2 heterocycles. The Labute approximate surface area is 203 Å². The maximum Gasteiger partial charge on any atom is 0.471 e. The lowest BCUT2D eigenvalue weighted by Crippen LogP contribution is -2.45. The Bertz CT molecular complexity index is 1180. The van der Waals surface area contributed by atoms with Crippen LogP contribution in [-0.2, 0) is 4.79 Å². The van der Waals surface area contributed by atoms with Gasteiger partial charge in [0.15, 0.2) is 0 Å². The minimum absolute atomic E-state index is 0.223. The van der Waals surface area contributed by atoms with Crippen LogP contribution in [0.1, 0.15) is 19.4 Å². The highest BCUT2D eigenvalue weighted by Crippen LogP contribution is 2.33. The van der Waals surface area contributed by atoms with Crippen LogP contribution in [0, 0.1) is 6.92 Å². The Kier molecular flexibility index (Phi) is 6.89. The van der Waals surface area contributed by atoms with E-state index < -0.39 is 18.1 Å². The number of rotatable bonds is 5. The molecular formula is C26H30F3N5O. The second-order valence-corrected chi connectivity index (χ2v) is 9.27. The van der Waals surface area contributed by atoms with E-state index in [0.717, 1.165) is 42.3 Å². The third-order valence-corrected chi connectivity index (χ3v) is 6.37. The molecule has 35 heavy (non-hydrogen) atoms. The van der Waals surface area contributed by atoms with Crippen LogP contribution < -0.4 is 9.80 Å². The molecule has 9 heteroatoms. The fraction of sp³-hybridized carbons (Fsp3) is 0.385. The quantitative estimate of drug-likeness (QED) is 0.546. The zero-order valence-electron chi connectivity index (χ0n) is 20.4. The normalized spacial score (nSPS) is 15.0. The van der Waals surface area contributed by atoms with Gasteiger partial charge in [0.05, 0.1) is 11.4 Å². The molecule has 6 nitrogen and oxygen atoms in total. The Balaban J connectivity index is 1.58. The number of amides is 1. The fourth-order valence-corrected chi connectivity index (χ4v) is 4.32. The highest BCUT2D eigenvalue weighted by molar-refractivity contribution is 5.99. The van der Waals surface area contributed by atoms with E-state index in [9.17, 15) is 18.0 Å². The first kappa shape index (κ1) is 24.8. The van der Waals surface area contributed by atoms with Crippen LogP contribution in [0.25, 0.3) is 22.5 Å². The molecule has 4 rings (SSSR count). The molecule has 1 N–H and O–H groups in total. The van der Waals surface area contributed by atoms with Crippen molar-refractivity contribution in [1.29, 1.82) is 0 Å². The number of likely N-dealkylation sites (N-methyl/N-ethyl adjacent to an activating group) is 1. The summed E-state index contributed by atoms with van der Waals surface area (Å²) in [6.45, 7) is 8.87. The summed E-state index contributed by atoms with van der Waals surface area (Å²) in [5.74, 6) is -1.88. The van der Waals surface area contributed by atoms with Crippen molar-refractivity contribution in [1.82, 2.24) is 15.1 Å². The maximum absolute atomic E-state index is 13.2. The molecule has 1 aliphatic rings. The lowest BCUT2D eigenvalue weighted by molar-refractivity contribution is -0.170. The molecule has 186 valence electrons. The number of carbonyl (C=O) groups is 1. The maximum atomic E-state index is 13.2. The van der Waals surface area contributed by atoms with Gasteiger partial charge in [-0.2, -0.15) is 18.3 Å². The Morgan fingerprint density at radius 1 is 1.00 bits per heavy atom. The fourth-order valence-electron chi connectivity index (χ4n) is 4.32. The van der Waals surface area contributed by atoms with Crippen LogP contribution in [0.3, 0.4) is 0 Å². The van der Waals surface area contributed by atoms with Crippen LogP contribution in [0.5, 0.6) is 0 Å². The van der Waals surface area contributed by atoms with Crippen molar-refractivity contribution in [2.75, 3.05) is 43.0 Å². The van der Waals surface area contributed by atoms with E-state index in [1.807, 2.05) is 18.2 Å². The number of aromatic nitrogens is 2. The van der Waals surface area contributed by atoms with Crippen LogP contribution in [0.15, 0.2) is 48.5 Å². The predicted octanol–water partition coefficient (Wildman–Crippen LogP) is 5.11. The van der Waals surface area contributed by atoms with E-state index in [0.29, 0.717) is 16.8 Å². The number of piperazine rings is 1. The number of benzene rings is 2. The highest BCUT2D eigenvalue weighted by atomic mass is 19.4. The monoisotopic (exact) mass is 485 g/mol. The number of hydrogen-bond acceptors (Lipinski definition) is 4. The van der Waals surface area contributed by atoms with Gasteiger partial charge in [0.2, 0.25) is 0 Å². The van der Waals surface area contributed by atoms with E-state index in [2.05, 4.69) is 39.2 Å². The lowest BCUT2D eigenvalue weighted by Gasteiger charge is -2.34. The SMILES string of the molecule is Cc1ccc(-c2cc(-c3ccc(N4CCN(C)CC4)cc3)[nH]n2)cc1N(C(=O)C(F)(F)F)C(C)C. The van der Waals surface area contributed by atoms with Crippen molar-refractivity contribution in [3.8, 4) is 22.5 Å². The zero-order valence-corrected chi connectivity index (χ0v) is 20.4. The van der Waals surface area contributed by atoms with Gasteiger partial charge in [-0.05, 0) is 63.2 Å². The van der Waals surface area contributed by atoms with Crippen molar-refractivity contribution >= 4 is 17.3 Å². The molecule has 1 amide bonds. The summed E-state index contributed by atoms with van der Waals surface area (Å²) in [5, 5.41) is 7.41. The summed E-state index contributed by atoms with van der Waals surface area (Å²) >= 11 is 0. The molecule has 0 unspecified atom stereocenters. The molecule has 0 radical (unpaired) electrons. The summed E-state index contributed by atoms with van der Waals surface area (Å²) in [7, 11) is 2.13. The zero-order chi connectivity index (χ0) is 25.3. The van der Waals surface area contributed by atoms with E-state index in [1.54, 1.807) is 39.0 Å². The smallest absolute Gasteiger partial charge is 0.369 e. The molecule has 0 saturated carbocycles. The van der Waals surface area contributed by atoms with Gasteiger partial charge in [-0.15, -0.1) is 0 Å². The first-order valence-electron chi connectivity index (χ1n) is 11.7. The van der Waals surface area contributed by atoms with Gasteiger partial charge in [0.25, 0.3) is 0 Å². The molecule has 1 fully saturated rings. The molecule has 1 saturated heterocycles. The van der Waals surface area contributed by atoms with E-state index in [-0.39, 0.29) is 5.69 Å². The van der Waals surface area contributed by atoms with Crippen molar-refractivity contribution in [2.45, 2.75) is 33.0 Å². The third-order valence-electron chi connectivity index (χ3n) is 6.37. The first-order valence-corrected chi connectivity index (χ1v) is 11.7. The molecule has 0 aliphatic carbocycles. The number of alkyl halides is 3. The molecule has 1 aromatic heterocycles. The second kappa shape index (κ2) is 9.73. The third kappa shape index (κ3) is 5.35. The molecule has 2 aromatic carbocycles. The number of hydrogen-bond donors (Lipinski definition) is 1. The molecular weight excluding hydrogens is 455 g/mol. The summed E-state index contributed by atoms with van der Waals surface area (Å²) in [4.78, 5) is 17.6. The minimum Gasteiger partial charge on any atom is -0.369 e. The highest BCUT2D eigenvalue weighted by Gasteiger charge is 2.44. The Morgan fingerprint density at radius 2 is 1.63 bits per heavy atom. The summed E-state index contributed by atoms with van der Waals surface area (Å²) in [5.41, 5.74) is 4.96. The summed E-state index contributed by atoms with van der Waals surface area (Å²) in [6.07, 6.45) is -4.96. The molecule has 1 aliphatic heterocycles. The Hall–Kier alpha value is -3.33.